The zero-order valence-electron chi connectivity index (χ0n) is 12.4. The van der Waals surface area contributed by atoms with Crippen molar-refractivity contribution in [1.29, 1.82) is 0 Å². The molecule has 1 aromatic heterocycles. The quantitative estimate of drug-likeness (QED) is 0.387. The molecule has 6 heteroatoms. The minimum Gasteiger partial charge on any atom is -0.409 e. The second-order valence-corrected chi connectivity index (χ2v) is 4.96. The molecule has 21 heavy (non-hydrogen) atoms. The Morgan fingerprint density at radius 3 is 2.71 bits per heavy atom. The summed E-state index contributed by atoms with van der Waals surface area (Å²) in [7, 11) is 1.97. The maximum atomic E-state index is 8.74. The summed E-state index contributed by atoms with van der Waals surface area (Å²) in [5, 5.41) is 11.8. The van der Waals surface area contributed by atoms with Crippen LogP contribution in [0.5, 0.6) is 0 Å². The molecule has 0 saturated carbocycles. The lowest BCUT2D eigenvalue weighted by atomic mass is 10.1. The van der Waals surface area contributed by atoms with Crippen LogP contribution >= 0.6 is 0 Å². The van der Waals surface area contributed by atoms with Crippen molar-refractivity contribution in [2.45, 2.75) is 20.4 Å². The van der Waals surface area contributed by atoms with Gasteiger partial charge in [0.05, 0.1) is 0 Å². The van der Waals surface area contributed by atoms with E-state index in [1.54, 1.807) is 6.07 Å². The predicted octanol–water partition coefficient (Wildman–Crippen LogP) is 1.82. The van der Waals surface area contributed by atoms with Crippen molar-refractivity contribution in [3.05, 3.63) is 53.0 Å². The Morgan fingerprint density at radius 2 is 2.05 bits per heavy atom. The Bertz CT molecular complexity index is 649. The van der Waals surface area contributed by atoms with Gasteiger partial charge in [0.15, 0.2) is 5.84 Å². The average Bonchev–Trinajstić information content (AvgIpc) is 2.45. The van der Waals surface area contributed by atoms with Gasteiger partial charge in [0, 0.05) is 30.9 Å². The minimum absolute atomic E-state index is 0.105. The number of amidine groups is 1. The van der Waals surface area contributed by atoms with Gasteiger partial charge in [-0.2, -0.15) is 0 Å². The summed E-state index contributed by atoms with van der Waals surface area (Å²) in [5.41, 5.74) is 8.29. The van der Waals surface area contributed by atoms with Gasteiger partial charge in [0.2, 0.25) is 0 Å². The largest absolute Gasteiger partial charge is 0.409 e. The summed E-state index contributed by atoms with van der Waals surface area (Å²) in [5.74, 6) is 1.73. The average molecular weight is 285 g/mol. The molecule has 0 saturated heterocycles. The van der Waals surface area contributed by atoms with E-state index in [2.05, 4.69) is 15.1 Å². The SMILES string of the molecule is Cc1cc(N(C)Cc2cccc(C(N)=NO)c2)nc(C)n1. The second-order valence-electron chi connectivity index (χ2n) is 4.96. The van der Waals surface area contributed by atoms with Crippen molar-refractivity contribution >= 4 is 11.7 Å². The highest BCUT2D eigenvalue weighted by Crippen LogP contribution is 2.15. The first-order chi connectivity index (χ1) is 9.99. The fourth-order valence-electron chi connectivity index (χ4n) is 2.13. The molecule has 110 valence electrons. The van der Waals surface area contributed by atoms with Crippen molar-refractivity contribution in [3.8, 4) is 0 Å². The highest BCUT2D eigenvalue weighted by Gasteiger charge is 2.07. The van der Waals surface area contributed by atoms with Crippen LogP contribution < -0.4 is 10.6 Å². The Kier molecular flexibility index (Phi) is 4.37. The normalized spacial score (nSPS) is 11.5. The van der Waals surface area contributed by atoms with Gasteiger partial charge in [0.25, 0.3) is 0 Å². The van der Waals surface area contributed by atoms with Crippen LogP contribution in [-0.2, 0) is 6.54 Å². The predicted molar refractivity (Wildman–Crippen MR) is 82.6 cm³/mol. The fraction of sp³-hybridized carbons (Fsp3) is 0.267. The van der Waals surface area contributed by atoms with E-state index in [0.29, 0.717) is 12.1 Å². The molecular formula is C15H19N5O. The smallest absolute Gasteiger partial charge is 0.170 e. The zero-order chi connectivity index (χ0) is 15.4. The summed E-state index contributed by atoms with van der Waals surface area (Å²) in [6, 6.07) is 9.52. The van der Waals surface area contributed by atoms with Crippen LogP contribution in [0.1, 0.15) is 22.6 Å². The summed E-state index contributed by atoms with van der Waals surface area (Å²) in [4.78, 5) is 10.7. The Morgan fingerprint density at radius 1 is 1.29 bits per heavy atom. The molecule has 6 nitrogen and oxygen atoms in total. The molecule has 0 amide bonds. The molecule has 3 N–H and O–H groups in total. The van der Waals surface area contributed by atoms with E-state index in [1.165, 1.54) is 0 Å². The first kappa shape index (κ1) is 14.8. The Labute approximate surface area is 123 Å². The van der Waals surface area contributed by atoms with E-state index in [0.717, 1.165) is 22.9 Å². The molecule has 0 radical (unpaired) electrons. The molecule has 0 aliphatic heterocycles. The van der Waals surface area contributed by atoms with Crippen molar-refractivity contribution in [1.82, 2.24) is 9.97 Å². The van der Waals surface area contributed by atoms with E-state index in [1.807, 2.05) is 50.1 Å². The highest BCUT2D eigenvalue weighted by atomic mass is 16.4. The van der Waals surface area contributed by atoms with E-state index in [4.69, 9.17) is 10.9 Å². The van der Waals surface area contributed by atoms with E-state index in [9.17, 15) is 0 Å². The van der Waals surface area contributed by atoms with Gasteiger partial charge < -0.3 is 15.8 Å². The van der Waals surface area contributed by atoms with Gasteiger partial charge in [0.1, 0.15) is 11.6 Å². The highest BCUT2D eigenvalue weighted by molar-refractivity contribution is 5.97. The first-order valence-corrected chi connectivity index (χ1v) is 6.60. The molecule has 2 aromatic rings. The van der Waals surface area contributed by atoms with Gasteiger partial charge in [-0.25, -0.2) is 9.97 Å². The van der Waals surface area contributed by atoms with Crippen LogP contribution in [0.4, 0.5) is 5.82 Å². The van der Waals surface area contributed by atoms with Crippen LogP contribution in [0.15, 0.2) is 35.5 Å². The minimum atomic E-state index is 0.105. The number of hydrogen-bond donors (Lipinski definition) is 2. The molecule has 1 aromatic carbocycles. The molecule has 1 heterocycles. The number of aryl methyl sites for hydroxylation is 2. The number of anilines is 1. The monoisotopic (exact) mass is 285 g/mol. The summed E-state index contributed by atoms with van der Waals surface area (Å²) >= 11 is 0. The maximum absolute atomic E-state index is 8.74. The third-order valence-corrected chi connectivity index (χ3v) is 3.09. The van der Waals surface area contributed by atoms with Gasteiger partial charge in [-0.05, 0) is 25.5 Å². The number of nitrogens with zero attached hydrogens (tertiary/aromatic N) is 4. The molecule has 0 spiro atoms. The molecule has 0 bridgehead atoms. The van der Waals surface area contributed by atoms with Crippen LogP contribution in [0.2, 0.25) is 0 Å². The molecule has 2 rings (SSSR count). The maximum Gasteiger partial charge on any atom is 0.170 e. The molecule has 0 unspecified atom stereocenters. The van der Waals surface area contributed by atoms with E-state index in [-0.39, 0.29) is 5.84 Å². The van der Waals surface area contributed by atoms with Crippen LogP contribution in [0.3, 0.4) is 0 Å². The molecule has 0 aliphatic rings. The van der Waals surface area contributed by atoms with Crippen LogP contribution in [0, 0.1) is 13.8 Å². The summed E-state index contributed by atoms with van der Waals surface area (Å²) in [6.07, 6.45) is 0. The van der Waals surface area contributed by atoms with Gasteiger partial charge in [-0.15, -0.1) is 0 Å². The molecule has 0 aliphatic carbocycles. The molecule has 0 atom stereocenters. The Hall–Kier alpha value is -2.63. The third kappa shape index (κ3) is 3.68. The topological polar surface area (TPSA) is 87.6 Å². The number of rotatable bonds is 4. The van der Waals surface area contributed by atoms with Crippen molar-refractivity contribution in [2.75, 3.05) is 11.9 Å². The summed E-state index contributed by atoms with van der Waals surface area (Å²) in [6.45, 7) is 4.50. The number of hydrogen-bond acceptors (Lipinski definition) is 5. The van der Waals surface area contributed by atoms with Crippen molar-refractivity contribution in [3.63, 3.8) is 0 Å². The van der Waals surface area contributed by atoms with Crippen molar-refractivity contribution in [2.24, 2.45) is 10.9 Å². The number of aromatic nitrogens is 2. The first-order valence-electron chi connectivity index (χ1n) is 6.60. The third-order valence-electron chi connectivity index (χ3n) is 3.09. The van der Waals surface area contributed by atoms with Gasteiger partial charge in [-0.1, -0.05) is 23.4 Å². The number of nitrogens with two attached hydrogens (primary N) is 1. The van der Waals surface area contributed by atoms with E-state index >= 15 is 0 Å². The molecule has 0 fully saturated rings. The number of oxime groups is 1. The fourth-order valence-corrected chi connectivity index (χ4v) is 2.13. The van der Waals surface area contributed by atoms with Crippen LogP contribution in [-0.4, -0.2) is 28.1 Å². The lowest BCUT2D eigenvalue weighted by Crippen LogP contribution is -2.19. The van der Waals surface area contributed by atoms with Crippen molar-refractivity contribution < 1.29 is 5.21 Å². The molecular weight excluding hydrogens is 266 g/mol. The zero-order valence-corrected chi connectivity index (χ0v) is 12.4. The lowest BCUT2D eigenvalue weighted by molar-refractivity contribution is 0.318. The second kappa shape index (κ2) is 6.21. The summed E-state index contributed by atoms with van der Waals surface area (Å²) < 4.78 is 0. The number of benzene rings is 1. The lowest BCUT2D eigenvalue weighted by Gasteiger charge is -2.19. The standard InChI is InChI=1S/C15H19N5O/c1-10-7-14(18-11(2)17-10)20(3)9-12-5-4-6-13(8-12)15(16)19-21/h4-8,21H,9H2,1-3H3,(H2,16,19). The van der Waals surface area contributed by atoms with Crippen LogP contribution in [0.25, 0.3) is 0 Å². The van der Waals surface area contributed by atoms with Gasteiger partial charge >= 0.3 is 0 Å². The van der Waals surface area contributed by atoms with Gasteiger partial charge in [-0.3, -0.25) is 0 Å². The Balaban J connectivity index is 2.21. The van der Waals surface area contributed by atoms with E-state index < -0.39 is 0 Å².